The van der Waals surface area contributed by atoms with Gasteiger partial charge in [-0.3, -0.25) is 0 Å². The molecule has 0 saturated heterocycles. The molecule has 0 atom stereocenters. The molecule has 0 spiro atoms. The van der Waals surface area contributed by atoms with Gasteiger partial charge in [-0.25, -0.2) is 4.98 Å². The fourth-order valence-electron chi connectivity index (χ4n) is 3.53. The number of halogens is 1. The average Bonchev–Trinajstić information content (AvgIpc) is 2.66. The van der Waals surface area contributed by atoms with Crippen LogP contribution in [0, 0.1) is 6.92 Å². The van der Waals surface area contributed by atoms with Gasteiger partial charge in [0.15, 0.2) is 0 Å². The van der Waals surface area contributed by atoms with Crippen molar-refractivity contribution in [3.05, 3.63) is 53.1 Å². The van der Waals surface area contributed by atoms with Crippen LogP contribution in [0.1, 0.15) is 37.7 Å². The maximum absolute atomic E-state index is 6.15. The molecule has 1 aliphatic carbocycles. The number of hydrogen-bond donors (Lipinski definition) is 2. The lowest BCUT2D eigenvalue weighted by atomic mass is 9.95. The van der Waals surface area contributed by atoms with Gasteiger partial charge in [-0.2, -0.15) is 4.98 Å². The van der Waals surface area contributed by atoms with Crippen LogP contribution in [0.4, 0.5) is 17.5 Å². The van der Waals surface area contributed by atoms with Gasteiger partial charge in [0.2, 0.25) is 5.95 Å². The summed E-state index contributed by atoms with van der Waals surface area (Å²) >= 11 is 6.15. The van der Waals surface area contributed by atoms with Crippen LogP contribution < -0.4 is 10.6 Å². The fraction of sp³-hybridized carbons (Fsp3) is 0.333. The molecule has 0 aliphatic heterocycles. The number of benzene rings is 2. The summed E-state index contributed by atoms with van der Waals surface area (Å²) < 4.78 is 0. The molecule has 0 bridgehead atoms. The molecule has 0 radical (unpaired) electrons. The first kappa shape index (κ1) is 17.1. The Kier molecular flexibility index (Phi) is 4.93. The highest BCUT2D eigenvalue weighted by Gasteiger charge is 2.16. The largest absolute Gasteiger partial charge is 0.367 e. The van der Waals surface area contributed by atoms with Gasteiger partial charge in [0, 0.05) is 22.1 Å². The summed E-state index contributed by atoms with van der Waals surface area (Å²) in [5, 5.41) is 8.75. The smallest absolute Gasteiger partial charge is 0.229 e. The number of anilines is 3. The predicted molar refractivity (Wildman–Crippen MR) is 110 cm³/mol. The Bertz CT molecular complexity index is 919. The Morgan fingerprint density at radius 3 is 2.65 bits per heavy atom. The highest BCUT2D eigenvalue weighted by atomic mass is 35.5. The number of fused-ring (bicyclic) bond motifs is 1. The molecular weight excluding hydrogens is 344 g/mol. The van der Waals surface area contributed by atoms with Crippen LogP contribution in [0.3, 0.4) is 0 Å². The van der Waals surface area contributed by atoms with Crippen molar-refractivity contribution in [3.63, 3.8) is 0 Å². The number of rotatable bonds is 4. The molecule has 0 amide bonds. The monoisotopic (exact) mass is 366 g/mol. The number of nitrogens with one attached hydrogen (secondary N) is 2. The molecule has 0 unspecified atom stereocenters. The van der Waals surface area contributed by atoms with Crippen molar-refractivity contribution in [2.45, 2.75) is 45.1 Å². The van der Waals surface area contributed by atoms with Gasteiger partial charge in [-0.05, 0) is 49.6 Å². The Balaban J connectivity index is 1.69. The maximum atomic E-state index is 6.15. The zero-order valence-corrected chi connectivity index (χ0v) is 15.7. The summed E-state index contributed by atoms with van der Waals surface area (Å²) in [6.45, 7) is 2.04. The molecule has 1 saturated carbocycles. The van der Waals surface area contributed by atoms with Gasteiger partial charge in [0.05, 0.1) is 5.52 Å². The summed E-state index contributed by atoms with van der Waals surface area (Å²) in [5.74, 6) is 1.50. The van der Waals surface area contributed by atoms with Gasteiger partial charge in [-0.1, -0.05) is 49.1 Å². The van der Waals surface area contributed by atoms with Gasteiger partial charge >= 0.3 is 0 Å². The Labute approximate surface area is 159 Å². The third kappa shape index (κ3) is 3.75. The molecule has 2 aromatic carbocycles. The molecule has 1 fully saturated rings. The van der Waals surface area contributed by atoms with E-state index in [4.69, 9.17) is 16.6 Å². The van der Waals surface area contributed by atoms with Crippen molar-refractivity contribution in [2.24, 2.45) is 0 Å². The van der Waals surface area contributed by atoms with E-state index in [1.807, 2.05) is 43.3 Å². The number of hydrogen-bond acceptors (Lipinski definition) is 4. The minimum absolute atomic E-state index is 0.489. The maximum Gasteiger partial charge on any atom is 0.229 e. The molecular formula is C21H23ClN4. The summed E-state index contributed by atoms with van der Waals surface area (Å²) in [6, 6.07) is 14.4. The zero-order chi connectivity index (χ0) is 17.9. The highest BCUT2D eigenvalue weighted by molar-refractivity contribution is 6.30. The van der Waals surface area contributed by atoms with Crippen LogP contribution in [0.5, 0.6) is 0 Å². The normalized spacial score (nSPS) is 15.2. The molecule has 5 heteroatoms. The van der Waals surface area contributed by atoms with Crippen LogP contribution in [0.15, 0.2) is 42.5 Å². The molecule has 4 rings (SSSR count). The van der Waals surface area contributed by atoms with Crippen LogP contribution in [0.2, 0.25) is 5.02 Å². The quantitative estimate of drug-likeness (QED) is 0.587. The van der Waals surface area contributed by atoms with E-state index in [0.29, 0.717) is 17.0 Å². The fourth-order valence-corrected chi connectivity index (χ4v) is 3.70. The molecule has 1 heterocycles. The Morgan fingerprint density at radius 2 is 1.81 bits per heavy atom. The van der Waals surface area contributed by atoms with Crippen molar-refractivity contribution >= 4 is 40.0 Å². The lowest BCUT2D eigenvalue weighted by molar-refractivity contribution is 0.462. The number of para-hydroxylation sites is 1. The van der Waals surface area contributed by atoms with E-state index in [2.05, 4.69) is 21.7 Å². The molecule has 2 N–H and O–H groups in total. The van der Waals surface area contributed by atoms with Crippen LogP contribution in [-0.2, 0) is 0 Å². The zero-order valence-electron chi connectivity index (χ0n) is 14.9. The molecule has 26 heavy (non-hydrogen) atoms. The summed E-state index contributed by atoms with van der Waals surface area (Å²) in [5.41, 5.74) is 2.97. The Morgan fingerprint density at radius 1 is 1.00 bits per heavy atom. The van der Waals surface area contributed by atoms with Crippen molar-refractivity contribution in [1.29, 1.82) is 0 Å². The van der Waals surface area contributed by atoms with E-state index in [0.717, 1.165) is 28.0 Å². The lowest BCUT2D eigenvalue weighted by Crippen LogP contribution is -2.23. The molecule has 134 valence electrons. The van der Waals surface area contributed by atoms with E-state index in [1.54, 1.807) is 0 Å². The van der Waals surface area contributed by atoms with E-state index >= 15 is 0 Å². The standard InChI is InChI=1S/C21H23ClN4/c1-14-11-12-15(22)13-19(14)25-21-24-18-10-6-5-9-17(18)20(26-21)23-16-7-3-2-4-8-16/h5-6,9-13,16H,2-4,7-8H2,1H3,(H2,23,24,25,26). The van der Waals surface area contributed by atoms with Gasteiger partial charge in [-0.15, -0.1) is 0 Å². The predicted octanol–water partition coefficient (Wildman–Crippen LogP) is 6.08. The second-order valence-corrected chi connectivity index (χ2v) is 7.41. The summed E-state index contributed by atoms with van der Waals surface area (Å²) in [7, 11) is 0. The third-order valence-electron chi connectivity index (χ3n) is 5.00. The molecule has 4 nitrogen and oxygen atoms in total. The second kappa shape index (κ2) is 7.50. The number of aryl methyl sites for hydroxylation is 1. The van der Waals surface area contributed by atoms with Crippen molar-refractivity contribution in [2.75, 3.05) is 10.6 Å². The highest BCUT2D eigenvalue weighted by Crippen LogP contribution is 2.28. The van der Waals surface area contributed by atoms with E-state index < -0.39 is 0 Å². The van der Waals surface area contributed by atoms with E-state index in [1.165, 1.54) is 32.1 Å². The lowest BCUT2D eigenvalue weighted by Gasteiger charge is -2.24. The van der Waals surface area contributed by atoms with Crippen LogP contribution in [0.25, 0.3) is 10.9 Å². The van der Waals surface area contributed by atoms with Gasteiger partial charge in [0.25, 0.3) is 0 Å². The minimum atomic E-state index is 0.489. The van der Waals surface area contributed by atoms with Crippen LogP contribution in [-0.4, -0.2) is 16.0 Å². The Hall–Kier alpha value is -2.33. The van der Waals surface area contributed by atoms with Crippen molar-refractivity contribution in [3.8, 4) is 0 Å². The third-order valence-corrected chi connectivity index (χ3v) is 5.23. The van der Waals surface area contributed by atoms with E-state index in [9.17, 15) is 0 Å². The molecule has 3 aromatic rings. The average molecular weight is 367 g/mol. The SMILES string of the molecule is Cc1ccc(Cl)cc1Nc1nc(NC2CCCCC2)c2ccccc2n1. The molecule has 1 aliphatic rings. The van der Waals surface area contributed by atoms with Gasteiger partial charge < -0.3 is 10.6 Å². The number of nitrogens with zero attached hydrogens (tertiary/aromatic N) is 2. The first-order valence-corrected chi connectivity index (χ1v) is 9.63. The van der Waals surface area contributed by atoms with E-state index in [-0.39, 0.29) is 0 Å². The minimum Gasteiger partial charge on any atom is -0.367 e. The first-order chi connectivity index (χ1) is 12.7. The summed E-state index contributed by atoms with van der Waals surface area (Å²) in [4.78, 5) is 9.47. The topological polar surface area (TPSA) is 49.8 Å². The van der Waals surface area contributed by atoms with Gasteiger partial charge in [0.1, 0.15) is 5.82 Å². The summed E-state index contributed by atoms with van der Waals surface area (Å²) in [6.07, 6.45) is 6.31. The number of aromatic nitrogens is 2. The molecule has 1 aromatic heterocycles. The van der Waals surface area contributed by atoms with Crippen molar-refractivity contribution < 1.29 is 0 Å². The van der Waals surface area contributed by atoms with Crippen molar-refractivity contribution in [1.82, 2.24) is 9.97 Å². The van der Waals surface area contributed by atoms with Crippen LogP contribution >= 0.6 is 11.6 Å². The first-order valence-electron chi connectivity index (χ1n) is 9.25. The second-order valence-electron chi connectivity index (χ2n) is 6.98.